The number of carbonyl (C=O) groups is 1. The number of hydrogen-bond donors (Lipinski definition) is 2. The number of aromatic nitrogens is 1. The lowest BCUT2D eigenvalue weighted by atomic mass is 10.0. The van der Waals surface area contributed by atoms with Crippen molar-refractivity contribution in [2.24, 2.45) is 7.05 Å². The van der Waals surface area contributed by atoms with Gasteiger partial charge in [0, 0.05) is 30.3 Å². The highest BCUT2D eigenvalue weighted by Crippen LogP contribution is 2.34. The minimum absolute atomic E-state index is 0.0394. The van der Waals surface area contributed by atoms with Crippen molar-refractivity contribution in [3.8, 4) is 0 Å². The summed E-state index contributed by atoms with van der Waals surface area (Å²) < 4.78 is 30.8. The summed E-state index contributed by atoms with van der Waals surface area (Å²) in [6.45, 7) is 5.81. The number of aryl methyl sites for hydroxylation is 1. The minimum atomic E-state index is -1.20. The molecule has 0 aliphatic heterocycles. The van der Waals surface area contributed by atoms with Gasteiger partial charge in [-0.2, -0.15) is 0 Å². The maximum atomic E-state index is 13.4. The van der Waals surface area contributed by atoms with E-state index in [1.54, 1.807) is 0 Å². The summed E-state index contributed by atoms with van der Waals surface area (Å²) in [6, 6.07) is 4.04. The topological polar surface area (TPSA) is 69.1 Å². The normalized spacial score (nSPS) is 18.1. The van der Waals surface area contributed by atoms with E-state index in [0.717, 1.165) is 36.8 Å². The fourth-order valence-electron chi connectivity index (χ4n) is 3.56. The second-order valence-electron chi connectivity index (χ2n) is 8.40. The zero-order valence-electron chi connectivity index (χ0n) is 17.1. The van der Waals surface area contributed by atoms with Gasteiger partial charge in [-0.15, -0.1) is 4.72 Å². The molecule has 0 unspecified atom stereocenters. The SMILES string of the molecule is Cn1cc2c(c1C(=O)Nc1ccc(F)c(Cl)c1)CCCC[C@@H]2N[S@@+]([O-])C(C)(C)C. The Morgan fingerprint density at radius 1 is 1.34 bits per heavy atom. The van der Waals surface area contributed by atoms with Gasteiger partial charge in [0.1, 0.15) is 16.3 Å². The van der Waals surface area contributed by atoms with Crippen molar-refractivity contribution in [2.45, 2.75) is 57.2 Å². The summed E-state index contributed by atoms with van der Waals surface area (Å²) >= 11 is 4.62. The van der Waals surface area contributed by atoms with Gasteiger partial charge < -0.3 is 14.4 Å². The number of nitrogens with one attached hydrogen (secondary N) is 2. The van der Waals surface area contributed by atoms with E-state index in [1.165, 1.54) is 18.2 Å². The first-order valence-corrected chi connectivity index (χ1v) is 11.2. The predicted molar refractivity (Wildman–Crippen MR) is 116 cm³/mol. The molecule has 0 spiro atoms. The highest BCUT2D eigenvalue weighted by Gasteiger charge is 2.33. The van der Waals surface area contributed by atoms with Crippen LogP contribution in [0.1, 0.15) is 67.7 Å². The fraction of sp³-hybridized carbons (Fsp3) is 0.476. The second kappa shape index (κ2) is 8.68. The molecule has 158 valence electrons. The standard InChI is InChI=1S/C21H27ClFN3O2S/c1-21(2,3)29(28)25-18-8-6-5-7-14-15(18)12-26(4)19(14)20(27)24-13-9-10-17(23)16(22)11-13/h9-12,18,25H,5-8H2,1-4H3,(H,24,27)/t18-,29-/m0/s1. The Bertz CT molecular complexity index is 910. The number of nitrogens with zero attached hydrogens (tertiary/aromatic N) is 1. The molecule has 2 atom stereocenters. The van der Waals surface area contributed by atoms with Crippen LogP contribution in [0.15, 0.2) is 24.4 Å². The van der Waals surface area contributed by atoms with Gasteiger partial charge in [-0.3, -0.25) is 4.79 Å². The molecule has 29 heavy (non-hydrogen) atoms. The lowest BCUT2D eigenvalue weighted by Gasteiger charge is -2.27. The average molecular weight is 440 g/mol. The van der Waals surface area contributed by atoms with E-state index in [9.17, 15) is 13.7 Å². The second-order valence-corrected chi connectivity index (χ2v) is 10.8. The third-order valence-electron chi connectivity index (χ3n) is 5.06. The van der Waals surface area contributed by atoms with Crippen LogP contribution in [0, 0.1) is 5.82 Å². The van der Waals surface area contributed by atoms with E-state index in [2.05, 4.69) is 10.0 Å². The number of amides is 1. The number of anilines is 1. The largest absolute Gasteiger partial charge is 0.598 e. The van der Waals surface area contributed by atoms with Gasteiger partial charge >= 0.3 is 0 Å². The Morgan fingerprint density at radius 3 is 2.72 bits per heavy atom. The number of hydrogen-bond acceptors (Lipinski definition) is 3. The summed E-state index contributed by atoms with van der Waals surface area (Å²) in [5.41, 5.74) is 2.99. The zero-order chi connectivity index (χ0) is 21.3. The first-order chi connectivity index (χ1) is 13.6. The molecule has 0 bridgehead atoms. The Morgan fingerprint density at radius 2 is 2.07 bits per heavy atom. The number of rotatable bonds is 4. The van der Waals surface area contributed by atoms with E-state index >= 15 is 0 Å². The third kappa shape index (κ3) is 4.97. The number of halogens is 2. The van der Waals surface area contributed by atoms with Gasteiger partial charge in [0.05, 0.1) is 11.1 Å². The average Bonchev–Trinajstić information content (AvgIpc) is 2.84. The fourth-order valence-corrected chi connectivity index (χ4v) is 4.60. The molecule has 0 radical (unpaired) electrons. The summed E-state index contributed by atoms with van der Waals surface area (Å²) in [5, 5.41) is 2.77. The molecule has 3 rings (SSSR count). The molecule has 1 amide bonds. The molecule has 0 saturated carbocycles. The van der Waals surface area contributed by atoms with Crippen molar-refractivity contribution in [2.75, 3.05) is 5.32 Å². The Labute approximate surface area is 179 Å². The van der Waals surface area contributed by atoms with Gasteiger partial charge in [0.15, 0.2) is 0 Å². The number of carbonyl (C=O) groups excluding carboxylic acids is 1. The van der Waals surface area contributed by atoms with E-state index < -0.39 is 17.2 Å². The lowest BCUT2D eigenvalue weighted by molar-refractivity contribution is 0.101. The van der Waals surface area contributed by atoms with Gasteiger partial charge in [-0.05, 0) is 69.4 Å². The molecule has 1 aromatic carbocycles. The van der Waals surface area contributed by atoms with Crippen LogP contribution < -0.4 is 10.0 Å². The van der Waals surface area contributed by atoms with Gasteiger partial charge in [-0.1, -0.05) is 18.0 Å². The predicted octanol–water partition coefficient (Wildman–Crippen LogP) is 4.89. The molecule has 0 saturated heterocycles. The minimum Gasteiger partial charge on any atom is -0.598 e. The van der Waals surface area contributed by atoms with Crippen LogP contribution in [-0.4, -0.2) is 19.8 Å². The van der Waals surface area contributed by atoms with Crippen LogP contribution in [-0.2, 0) is 24.8 Å². The zero-order valence-corrected chi connectivity index (χ0v) is 18.7. The van der Waals surface area contributed by atoms with Crippen molar-refractivity contribution in [3.63, 3.8) is 0 Å². The van der Waals surface area contributed by atoms with Crippen LogP contribution in [0.2, 0.25) is 5.02 Å². The van der Waals surface area contributed by atoms with Gasteiger partial charge in [-0.25, -0.2) is 4.39 Å². The highest BCUT2D eigenvalue weighted by molar-refractivity contribution is 7.90. The Kier molecular flexibility index (Phi) is 6.63. The molecule has 1 aromatic heterocycles. The number of benzene rings is 1. The molecule has 8 heteroatoms. The molecule has 1 aliphatic carbocycles. The Balaban J connectivity index is 1.89. The maximum Gasteiger partial charge on any atom is 0.272 e. The summed E-state index contributed by atoms with van der Waals surface area (Å²) in [5.74, 6) is -0.799. The molecule has 5 nitrogen and oxygen atoms in total. The summed E-state index contributed by atoms with van der Waals surface area (Å²) in [6.07, 6.45) is 5.55. The molecule has 0 fully saturated rings. The van der Waals surface area contributed by atoms with Crippen LogP contribution in [0.5, 0.6) is 0 Å². The highest BCUT2D eigenvalue weighted by atomic mass is 35.5. The molecular weight excluding hydrogens is 413 g/mol. The van der Waals surface area contributed by atoms with E-state index in [1.807, 2.05) is 38.6 Å². The first-order valence-electron chi connectivity index (χ1n) is 9.70. The van der Waals surface area contributed by atoms with Crippen LogP contribution in [0.25, 0.3) is 0 Å². The summed E-state index contributed by atoms with van der Waals surface area (Å²) in [4.78, 5) is 13.0. The number of fused-ring (bicyclic) bond motifs is 1. The van der Waals surface area contributed by atoms with Crippen molar-refractivity contribution in [1.82, 2.24) is 9.29 Å². The van der Waals surface area contributed by atoms with Crippen molar-refractivity contribution in [1.29, 1.82) is 0 Å². The van der Waals surface area contributed by atoms with Gasteiger partial charge in [0.25, 0.3) is 5.91 Å². The van der Waals surface area contributed by atoms with Crippen molar-refractivity contribution in [3.05, 3.63) is 52.1 Å². The van der Waals surface area contributed by atoms with Crippen molar-refractivity contribution >= 4 is 34.6 Å². The molecule has 1 aliphatic rings. The molecule has 2 aromatic rings. The van der Waals surface area contributed by atoms with Crippen LogP contribution in [0.3, 0.4) is 0 Å². The smallest absolute Gasteiger partial charge is 0.272 e. The summed E-state index contributed by atoms with van der Waals surface area (Å²) in [7, 11) is 1.83. The van der Waals surface area contributed by atoms with E-state index in [-0.39, 0.29) is 21.7 Å². The lowest BCUT2D eigenvalue weighted by Crippen LogP contribution is -2.41. The molecular formula is C21H27ClFN3O2S. The van der Waals surface area contributed by atoms with E-state index in [0.29, 0.717) is 11.4 Å². The van der Waals surface area contributed by atoms with E-state index in [4.69, 9.17) is 11.6 Å². The molecule has 2 N–H and O–H groups in total. The van der Waals surface area contributed by atoms with Gasteiger partial charge in [0.2, 0.25) is 0 Å². The first kappa shape index (κ1) is 22.2. The quantitative estimate of drug-likeness (QED) is 0.526. The monoisotopic (exact) mass is 439 g/mol. The third-order valence-corrected chi connectivity index (χ3v) is 6.96. The van der Waals surface area contributed by atoms with Crippen LogP contribution in [0.4, 0.5) is 10.1 Å². The maximum absolute atomic E-state index is 13.4. The van der Waals surface area contributed by atoms with Crippen LogP contribution >= 0.6 is 11.6 Å². The molecule has 1 heterocycles. The Hall–Kier alpha value is -1.54. The van der Waals surface area contributed by atoms with Crippen molar-refractivity contribution < 1.29 is 13.7 Å².